The van der Waals surface area contributed by atoms with Crippen LogP contribution in [0.5, 0.6) is 0 Å². The van der Waals surface area contributed by atoms with Crippen LogP contribution in [0.4, 0.5) is 0 Å². The fourth-order valence-electron chi connectivity index (χ4n) is 4.02. The van der Waals surface area contributed by atoms with Crippen molar-refractivity contribution >= 4 is 11.5 Å². The van der Waals surface area contributed by atoms with Gasteiger partial charge in [0.2, 0.25) is 0 Å². The largest absolute Gasteiger partial charge is 0.296 e. The molecule has 0 saturated carbocycles. The first kappa shape index (κ1) is 15.2. The molecule has 4 nitrogen and oxygen atoms in total. The van der Waals surface area contributed by atoms with Gasteiger partial charge in [0.25, 0.3) is 0 Å². The average Bonchev–Trinajstić information content (AvgIpc) is 2.78. The average molecular weight is 328 g/mol. The zero-order valence-electron chi connectivity index (χ0n) is 13.7. The lowest BCUT2D eigenvalue weighted by Gasteiger charge is -2.36. The van der Waals surface area contributed by atoms with Crippen LogP contribution in [0.1, 0.15) is 29.0 Å². The second-order valence-corrected chi connectivity index (χ2v) is 7.83. The molecule has 5 heteroatoms. The molecule has 0 N–H and O–H groups in total. The molecule has 0 spiro atoms. The first-order valence-electron chi connectivity index (χ1n) is 8.56. The molecule has 0 unspecified atom stereocenters. The van der Waals surface area contributed by atoms with Crippen molar-refractivity contribution < 1.29 is 0 Å². The maximum atomic E-state index is 4.16. The maximum Gasteiger partial charge on any atom is 0.0769 e. The fourth-order valence-corrected chi connectivity index (χ4v) is 4.69. The molecule has 0 amide bonds. The van der Waals surface area contributed by atoms with E-state index in [1.54, 1.807) is 11.5 Å². The summed E-state index contributed by atoms with van der Waals surface area (Å²) in [6.07, 6.45) is 2.72. The van der Waals surface area contributed by atoms with Crippen molar-refractivity contribution in [2.45, 2.75) is 38.9 Å². The van der Waals surface area contributed by atoms with Crippen molar-refractivity contribution in [2.75, 3.05) is 19.6 Å². The van der Waals surface area contributed by atoms with E-state index in [9.17, 15) is 0 Å². The molecule has 23 heavy (non-hydrogen) atoms. The Hall–Kier alpha value is -1.30. The van der Waals surface area contributed by atoms with Gasteiger partial charge in [-0.2, -0.15) is 0 Å². The topological polar surface area (TPSA) is 32.3 Å². The number of nitrogens with zero attached hydrogens (tertiary/aromatic N) is 4. The summed E-state index contributed by atoms with van der Waals surface area (Å²) in [6, 6.07) is 11.6. The summed E-state index contributed by atoms with van der Waals surface area (Å²) in [5.41, 5.74) is 2.54. The molecule has 3 fully saturated rings. The molecule has 1 aromatic carbocycles. The van der Waals surface area contributed by atoms with E-state index in [2.05, 4.69) is 56.6 Å². The van der Waals surface area contributed by atoms with Gasteiger partial charge in [-0.05, 0) is 42.8 Å². The van der Waals surface area contributed by atoms with Gasteiger partial charge in [0, 0.05) is 38.8 Å². The van der Waals surface area contributed by atoms with Crippen LogP contribution in [0.15, 0.2) is 30.3 Å². The third-order valence-electron chi connectivity index (χ3n) is 5.24. The minimum Gasteiger partial charge on any atom is -0.296 e. The molecule has 2 aromatic rings. The van der Waals surface area contributed by atoms with Gasteiger partial charge in [0.15, 0.2) is 0 Å². The monoisotopic (exact) mass is 328 g/mol. The third kappa shape index (κ3) is 3.47. The molecule has 0 aliphatic carbocycles. The highest BCUT2D eigenvalue weighted by atomic mass is 32.1. The van der Waals surface area contributed by atoms with Crippen LogP contribution in [0, 0.1) is 12.8 Å². The number of fused-ring (bicyclic) bond motifs is 4. The molecule has 3 aliphatic rings. The molecule has 2 bridgehead atoms. The Morgan fingerprint density at radius 3 is 2.74 bits per heavy atom. The Balaban J connectivity index is 1.45. The van der Waals surface area contributed by atoms with E-state index in [0.29, 0.717) is 6.04 Å². The molecule has 3 saturated heterocycles. The third-order valence-corrected chi connectivity index (χ3v) is 6.05. The van der Waals surface area contributed by atoms with Crippen LogP contribution >= 0.6 is 11.5 Å². The number of hydrogen-bond donors (Lipinski definition) is 0. The fraction of sp³-hybridized carbons (Fsp3) is 0.556. The van der Waals surface area contributed by atoms with Crippen molar-refractivity contribution in [3.8, 4) is 0 Å². The zero-order chi connectivity index (χ0) is 15.6. The molecule has 5 rings (SSSR count). The SMILES string of the molecule is Cc1nnsc1CN1C[C@H]2CC[C@@H](C1)N(Cc1ccccc1)C2. The smallest absolute Gasteiger partial charge is 0.0769 e. The van der Waals surface area contributed by atoms with E-state index in [-0.39, 0.29) is 0 Å². The van der Waals surface area contributed by atoms with Gasteiger partial charge in [-0.3, -0.25) is 9.80 Å². The summed E-state index contributed by atoms with van der Waals surface area (Å²) >= 11 is 1.56. The van der Waals surface area contributed by atoms with E-state index < -0.39 is 0 Å². The predicted octanol–water partition coefficient (Wildman–Crippen LogP) is 2.94. The molecule has 1 aromatic heterocycles. The van der Waals surface area contributed by atoms with Gasteiger partial charge in [-0.25, -0.2) is 0 Å². The van der Waals surface area contributed by atoms with Crippen LogP contribution in [0.3, 0.4) is 0 Å². The van der Waals surface area contributed by atoms with E-state index >= 15 is 0 Å². The molecular formula is C18H24N4S. The van der Waals surface area contributed by atoms with Crippen LogP contribution in [-0.2, 0) is 13.1 Å². The van der Waals surface area contributed by atoms with Gasteiger partial charge >= 0.3 is 0 Å². The lowest BCUT2D eigenvalue weighted by atomic mass is 9.94. The molecular weight excluding hydrogens is 304 g/mol. The van der Waals surface area contributed by atoms with Crippen LogP contribution in [-0.4, -0.2) is 45.1 Å². The Morgan fingerprint density at radius 1 is 1.09 bits per heavy atom. The minimum absolute atomic E-state index is 0.690. The number of benzene rings is 1. The van der Waals surface area contributed by atoms with E-state index in [1.807, 2.05) is 0 Å². The minimum atomic E-state index is 0.690. The summed E-state index contributed by atoms with van der Waals surface area (Å²) in [5.74, 6) is 0.804. The van der Waals surface area contributed by atoms with Gasteiger partial charge in [-0.1, -0.05) is 34.8 Å². The standard InChI is InChI=1S/C18H24N4S/c1-14-18(23-20-19-14)13-21-9-16-7-8-17(12-21)22(11-16)10-15-5-3-2-4-6-15/h2-6,16-17H,7-13H2,1H3/t16-,17+/m1/s1. The second-order valence-electron chi connectivity index (χ2n) is 6.99. The Bertz CT molecular complexity index is 641. The van der Waals surface area contributed by atoms with E-state index in [4.69, 9.17) is 0 Å². The summed E-state index contributed by atoms with van der Waals surface area (Å²) in [7, 11) is 0. The van der Waals surface area contributed by atoms with Crippen LogP contribution in [0.25, 0.3) is 0 Å². The first-order valence-corrected chi connectivity index (χ1v) is 9.33. The van der Waals surface area contributed by atoms with Crippen LogP contribution < -0.4 is 0 Å². The van der Waals surface area contributed by atoms with Gasteiger partial charge in [0.05, 0.1) is 10.6 Å². The van der Waals surface area contributed by atoms with Crippen LogP contribution in [0.2, 0.25) is 0 Å². The zero-order valence-corrected chi connectivity index (χ0v) is 14.5. The number of rotatable bonds is 4. The summed E-state index contributed by atoms with van der Waals surface area (Å²) in [4.78, 5) is 6.68. The van der Waals surface area contributed by atoms with Crippen molar-refractivity contribution in [1.29, 1.82) is 0 Å². The maximum absolute atomic E-state index is 4.16. The highest BCUT2D eigenvalue weighted by Gasteiger charge is 2.34. The van der Waals surface area contributed by atoms with Gasteiger partial charge in [0.1, 0.15) is 0 Å². The summed E-state index contributed by atoms with van der Waals surface area (Å²) in [6.45, 7) is 7.84. The summed E-state index contributed by atoms with van der Waals surface area (Å²) < 4.78 is 4.09. The summed E-state index contributed by atoms with van der Waals surface area (Å²) in [5, 5.41) is 4.16. The Morgan fingerprint density at radius 2 is 1.96 bits per heavy atom. The van der Waals surface area contributed by atoms with Gasteiger partial charge < -0.3 is 0 Å². The number of piperidine rings is 1. The van der Waals surface area contributed by atoms with Crippen molar-refractivity contribution in [3.63, 3.8) is 0 Å². The molecule has 2 atom stereocenters. The first-order chi connectivity index (χ1) is 11.3. The van der Waals surface area contributed by atoms with E-state index in [1.165, 1.54) is 42.9 Å². The van der Waals surface area contributed by atoms with Crippen molar-refractivity contribution in [3.05, 3.63) is 46.5 Å². The van der Waals surface area contributed by atoms with Gasteiger partial charge in [-0.15, -0.1) is 5.10 Å². The van der Waals surface area contributed by atoms with E-state index in [0.717, 1.165) is 24.7 Å². The number of hydrogen-bond acceptors (Lipinski definition) is 5. The second kappa shape index (κ2) is 6.67. The number of aromatic nitrogens is 2. The lowest BCUT2D eigenvalue weighted by Crippen LogP contribution is -2.43. The highest BCUT2D eigenvalue weighted by Crippen LogP contribution is 2.30. The number of aryl methyl sites for hydroxylation is 1. The van der Waals surface area contributed by atoms with Crippen molar-refractivity contribution in [2.24, 2.45) is 5.92 Å². The molecule has 0 radical (unpaired) electrons. The molecule has 3 aliphatic heterocycles. The lowest BCUT2D eigenvalue weighted by molar-refractivity contribution is 0.123. The molecule has 4 heterocycles. The van der Waals surface area contributed by atoms with Crippen molar-refractivity contribution in [1.82, 2.24) is 19.4 Å². The normalized spacial score (nSPS) is 25.6. The molecule has 122 valence electrons. The Labute approximate surface area is 142 Å². The highest BCUT2D eigenvalue weighted by molar-refractivity contribution is 7.05. The predicted molar refractivity (Wildman–Crippen MR) is 93.3 cm³/mol. The Kier molecular flexibility index (Phi) is 4.42. The quantitative estimate of drug-likeness (QED) is 0.864.